The van der Waals surface area contributed by atoms with Gasteiger partial charge in [0, 0.05) is 24.6 Å². The van der Waals surface area contributed by atoms with Crippen LogP contribution >= 0.6 is 0 Å². The molecule has 10 nitrogen and oxygen atoms in total. The molecule has 0 aromatic heterocycles. The average Bonchev–Trinajstić information content (AvgIpc) is 2.88. The number of amides is 4. The fourth-order valence-corrected chi connectivity index (χ4v) is 4.97. The number of carbonyl (C=O) groups excluding carboxylic acids is 4. The van der Waals surface area contributed by atoms with Gasteiger partial charge in [-0.05, 0) is 52.5 Å². The lowest BCUT2D eigenvalue weighted by Gasteiger charge is -2.36. The molecule has 0 radical (unpaired) electrons. The first kappa shape index (κ1) is 32.9. The van der Waals surface area contributed by atoms with Gasteiger partial charge in [-0.15, -0.1) is 0 Å². The molecular formula is C30H48N4O6. The number of aromatic hydroxyl groups is 1. The summed E-state index contributed by atoms with van der Waals surface area (Å²) in [6, 6.07) is 4.17. The van der Waals surface area contributed by atoms with Crippen molar-refractivity contribution in [3.05, 3.63) is 29.8 Å². The van der Waals surface area contributed by atoms with E-state index in [1.807, 2.05) is 0 Å². The number of nitrogens with one attached hydrogen (secondary N) is 2. The van der Waals surface area contributed by atoms with E-state index in [1.54, 1.807) is 39.0 Å². The van der Waals surface area contributed by atoms with Crippen LogP contribution in [0.3, 0.4) is 0 Å². The highest BCUT2D eigenvalue weighted by atomic mass is 16.6. The number of hydrogen-bond acceptors (Lipinski definition) is 6. The molecule has 4 amide bonds. The molecular weight excluding hydrogens is 512 g/mol. The van der Waals surface area contributed by atoms with Crippen LogP contribution in [0.5, 0.6) is 5.75 Å². The van der Waals surface area contributed by atoms with Gasteiger partial charge in [-0.25, -0.2) is 4.79 Å². The molecule has 0 saturated heterocycles. The van der Waals surface area contributed by atoms with Gasteiger partial charge in [0.1, 0.15) is 23.4 Å². The second-order valence-electron chi connectivity index (χ2n) is 11.6. The summed E-state index contributed by atoms with van der Waals surface area (Å²) in [5, 5.41) is 16.5. The zero-order chi connectivity index (χ0) is 29.7. The Bertz CT molecular complexity index is 987. The van der Waals surface area contributed by atoms with Crippen LogP contribution < -0.4 is 16.4 Å². The number of hydrogen-bond donors (Lipinski definition) is 4. The predicted molar refractivity (Wildman–Crippen MR) is 153 cm³/mol. The molecule has 0 bridgehead atoms. The highest BCUT2D eigenvalue weighted by molar-refractivity contribution is 5.93. The maximum absolute atomic E-state index is 14.2. The van der Waals surface area contributed by atoms with E-state index >= 15 is 0 Å². The lowest BCUT2D eigenvalue weighted by atomic mass is 9.94. The van der Waals surface area contributed by atoms with E-state index in [2.05, 4.69) is 17.6 Å². The number of primary amides is 1. The minimum atomic E-state index is -1.16. The number of benzene rings is 1. The van der Waals surface area contributed by atoms with E-state index in [9.17, 15) is 24.3 Å². The molecule has 224 valence electrons. The molecule has 1 aromatic carbocycles. The number of unbranched alkanes of at least 4 members (excludes halogenated alkanes) is 3. The highest BCUT2D eigenvalue weighted by Gasteiger charge is 2.38. The van der Waals surface area contributed by atoms with Crippen LogP contribution in [0.1, 0.15) is 110 Å². The molecule has 1 saturated carbocycles. The summed E-state index contributed by atoms with van der Waals surface area (Å²) in [6.07, 6.45) is 7.24. The van der Waals surface area contributed by atoms with Crippen LogP contribution in [-0.4, -0.2) is 58.1 Å². The van der Waals surface area contributed by atoms with Crippen LogP contribution in [0.25, 0.3) is 0 Å². The van der Waals surface area contributed by atoms with Crippen molar-refractivity contribution in [3.8, 4) is 5.75 Å². The van der Waals surface area contributed by atoms with E-state index in [-0.39, 0.29) is 37.1 Å². The van der Waals surface area contributed by atoms with Crippen molar-refractivity contribution in [2.24, 2.45) is 5.73 Å². The van der Waals surface area contributed by atoms with Crippen LogP contribution in [0, 0.1) is 0 Å². The summed E-state index contributed by atoms with van der Waals surface area (Å²) >= 11 is 0. The summed E-state index contributed by atoms with van der Waals surface area (Å²) in [7, 11) is 0. The van der Waals surface area contributed by atoms with Crippen LogP contribution in [0.2, 0.25) is 0 Å². The van der Waals surface area contributed by atoms with Gasteiger partial charge in [0.15, 0.2) is 0 Å². The van der Waals surface area contributed by atoms with Crippen LogP contribution in [-0.2, 0) is 19.1 Å². The molecule has 0 aliphatic heterocycles. The first-order chi connectivity index (χ1) is 18.9. The number of nitrogens with two attached hydrogens (primary N) is 1. The average molecular weight is 561 g/mol. The number of phenols is 1. The monoisotopic (exact) mass is 560 g/mol. The molecule has 0 spiro atoms. The van der Waals surface area contributed by atoms with Gasteiger partial charge in [0.2, 0.25) is 17.7 Å². The number of nitrogens with zero attached hydrogens (tertiary/aromatic N) is 1. The first-order valence-electron chi connectivity index (χ1n) is 14.6. The number of ether oxygens (including phenoxy) is 1. The fourth-order valence-electron chi connectivity index (χ4n) is 4.97. The normalized spacial score (nSPS) is 15.5. The van der Waals surface area contributed by atoms with Crippen molar-refractivity contribution in [2.75, 3.05) is 6.54 Å². The number of rotatable bonds is 14. The van der Waals surface area contributed by atoms with Gasteiger partial charge >= 0.3 is 6.09 Å². The molecule has 2 atom stereocenters. The molecule has 10 heteroatoms. The summed E-state index contributed by atoms with van der Waals surface area (Å²) in [5.41, 5.74) is 4.87. The Morgan fingerprint density at radius 1 is 1.07 bits per heavy atom. The van der Waals surface area contributed by atoms with Gasteiger partial charge in [-0.2, -0.15) is 0 Å². The third-order valence-corrected chi connectivity index (χ3v) is 6.95. The highest BCUT2D eigenvalue weighted by Crippen LogP contribution is 2.31. The minimum Gasteiger partial charge on any atom is -0.508 e. The molecule has 5 N–H and O–H groups in total. The Labute approximate surface area is 238 Å². The van der Waals surface area contributed by atoms with Crippen molar-refractivity contribution < 1.29 is 29.0 Å². The summed E-state index contributed by atoms with van der Waals surface area (Å²) in [6.45, 7) is 7.42. The number of carbonyl (C=O) groups is 4. The standard InChI is InChI=1S/C30H48N4O6/c1-5-6-7-13-20-34(28(38)23(18-19-25(31)36)33-29(39)40-30(2,3)4)26(22-16-11-12-17-24(22)35)27(37)32-21-14-9-8-10-15-21/h11-12,16-17,21,23,26,35H,5-10,13-15,18-20H2,1-4H3,(H2,31,36)(H,32,37)(H,33,39). The van der Waals surface area contributed by atoms with E-state index in [1.165, 1.54) is 11.0 Å². The Kier molecular flexibility index (Phi) is 13.2. The van der Waals surface area contributed by atoms with Gasteiger partial charge in [-0.3, -0.25) is 14.4 Å². The molecule has 40 heavy (non-hydrogen) atoms. The molecule has 2 unspecified atom stereocenters. The van der Waals surface area contributed by atoms with E-state index in [4.69, 9.17) is 10.5 Å². The van der Waals surface area contributed by atoms with Crippen molar-refractivity contribution in [1.29, 1.82) is 0 Å². The lowest BCUT2D eigenvalue weighted by Crippen LogP contribution is -2.54. The third-order valence-electron chi connectivity index (χ3n) is 6.95. The molecule has 1 fully saturated rings. The molecule has 1 aliphatic carbocycles. The van der Waals surface area contributed by atoms with Crippen molar-refractivity contribution in [1.82, 2.24) is 15.5 Å². The summed E-state index contributed by atoms with van der Waals surface area (Å²) < 4.78 is 5.37. The zero-order valence-electron chi connectivity index (χ0n) is 24.5. The smallest absolute Gasteiger partial charge is 0.408 e. The number of para-hydroxylation sites is 1. The molecule has 0 heterocycles. The largest absolute Gasteiger partial charge is 0.508 e. The number of alkyl carbamates (subject to hydrolysis) is 1. The Hall–Kier alpha value is -3.30. The van der Waals surface area contributed by atoms with E-state index in [0.717, 1.165) is 51.4 Å². The van der Waals surface area contributed by atoms with Gasteiger partial charge in [-0.1, -0.05) is 63.6 Å². The number of phenolic OH excluding ortho intramolecular Hbond substituents is 1. The maximum Gasteiger partial charge on any atom is 0.408 e. The molecule has 2 rings (SSSR count). The van der Waals surface area contributed by atoms with Gasteiger partial charge in [0.05, 0.1) is 0 Å². The second kappa shape index (κ2) is 16.1. The quantitative estimate of drug-likeness (QED) is 0.247. The second-order valence-corrected chi connectivity index (χ2v) is 11.6. The van der Waals surface area contributed by atoms with Gasteiger partial charge < -0.3 is 31.1 Å². The Morgan fingerprint density at radius 3 is 2.35 bits per heavy atom. The Balaban J connectivity index is 2.48. The van der Waals surface area contributed by atoms with Crippen molar-refractivity contribution in [3.63, 3.8) is 0 Å². The fraction of sp³-hybridized carbons (Fsp3) is 0.667. The lowest BCUT2D eigenvalue weighted by molar-refractivity contribution is -0.143. The van der Waals surface area contributed by atoms with E-state index in [0.29, 0.717) is 12.0 Å². The zero-order valence-corrected chi connectivity index (χ0v) is 24.5. The van der Waals surface area contributed by atoms with Crippen LogP contribution in [0.15, 0.2) is 24.3 Å². The Morgan fingerprint density at radius 2 is 1.75 bits per heavy atom. The van der Waals surface area contributed by atoms with E-state index < -0.39 is 35.6 Å². The van der Waals surface area contributed by atoms with Crippen molar-refractivity contribution >= 4 is 23.8 Å². The SMILES string of the molecule is CCCCCCN(C(=O)C(CCC(N)=O)NC(=O)OC(C)(C)C)C(C(=O)NC1CCCCC1)c1ccccc1O. The maximum atomic E-state index is 14.2. The molecule has 1 aliphatic rings. The molecule has 1 aromatic rings. The van der Waals surface area contributed by atoms with Gasteiger partial charge in [0.25, 0.3) is 0 Å². The minimum absolute atomic E-state index is 0.0165. The predicted octanol–water partition coefficient (Wildman–Crippen LogP) is 4.45. The summed E-state index contributed by atoms with van der Waals surface area (Å²) in [4.78, 5) is 53.8. The summed E-state index contributed by atoms with van der Waals surface area (Å²) in [5.74, 6) is -1.66. The van der Waals surface area contributed by atoms with Crippen LogP contribution in [0.4, 0.5) is 4.79 Å². The first-order valence-corrected chi connectivity index (χ1v) is 14.6. The third kappa shape index (κ3) is 11.1. The van der Waals surface area contributed by atoms with Crippen molar-refractivity contribution in [2.45, 2.75) is 122 Å². The topological polar surface area (TPSA) is 151 Å².